The van der Waals surface area contributed by atoms with E-state index >= 15 is 0 Å². The van der Waals surface area contributed by atoms with E-state index < -0.39 is 0 Å². The Hall–Kier alpha value is -0.530. The van der Waals surface area contributed by atoms with Crippen LogP contribution in [0.3, 0.4) is 0 Å². The summed E-state index contributed by atoms with van der Waals surface area (Å²) in [5.74, 6) is 2.24. The first-order valence-electron chi connectivity index (χ1n) is 9.62. The van der Waals surface area contributed by atoms with Crippen LogP contribution in [0.1, 0.15) is 38.2 Å². The molecule has 6 heteroatoms. The third-order valence-corrected chi connectivity index (χ3v) is 6.05. The molecule has 0 saturated carbocycles. The van der Waals surface area contributed by atoms with Crippen LogP contribution < -0.4 is 5.73 Å². The van der Waals surface area contributed by atoms with E-state index in [0.717, 1.165) is 56.2 Å². The molecule has 0 atom stereocenters. The molecule has 1 aromatic rings. The number of likely N-dealkylation sites (tertiary alicyclic amines) is 2. The molecule has 0 aliphatic carbocycles. The number of nitrogens with two attached hydrogens (primary N) is 1. The highest BCUT2D eigenvalue weighted by molar-refractivity contribution is 14.0. The number of hydrogen-bond acceptors (Lipinski definition) is 2. The van der Waals surface area contributed by atoms with Crippen LogP contribution in [0.2, 0.25) is 5.02 Å². The van der Waals surface area contributed by atoms with Gasteiger partial charge in [-0.15, -0.1) is 24.0 Å². The summed E-state index contributed by atoms with van der Waals surface area (Å²) in [5.41, 5.74) is 7.43. The lowest BCUT2D eigenvalue weighted by Crippen LogP contribution is -2.43. The SMILES string of the molecule is CC1CCN(C(N)=NCC2CCN(Cc3ccccc3Cl)CC2)CC1.I. The third kappa shape index (κ3) is 6.27. The quantitative estimate of drug-likeness (QED) is 0.390. The van der Waals surface area contributed by atoms with E-state index in [9.17, 15) is 0 Å². The normalized spacial score (nSPS) is 20.8. The highest BCUT2D eigenvalue weighted by Gasteiger charge is 2.21. The van der Waals surface area contributed by atoms with Crippen molar-refractivity contribution in [2.45, 2.75) is 39.2 Å². The molecule has 2 aliphatic heterocycles. The zero-order valence-corrected chi connectivity index (χ0v) is 18.8. The molecule has 0 bridgehead atoms. The zero-order valence-electron chi connectivity index (χ0n) is 15.7. The number of hydrogen-bond donors (Lipinski definition) is 1. The van der Waals surface area contributed by atoms with Gasteiger partial charge in [0, 0.05) is 31.2 Å². The van der Waals surface area contributed by atoms with Gasteiger partial charge in [0.15, 0.2) is 5.96 Å². The fourth-order valence-corrected chi connectivity index (χ4v) is 3.95. The number of rotatable bonds is 4. The molecule has 2 heterocycles. The lowest BCUT2D eigenvalue weighted by atomic mass is 9.96. The van der Waals surface area contributed by atoms with Gasteiger partial charge in [0.1, 0.15) is 0 Å². The van der Waals surface area contributed by atoms with Crippen LogP contribution >= 0.6 is 35.6 Å². The van der Waals surface area contributed by atoms with Crippen LogP contribution in [-0.2, 0) is 6.54 Å². The number of piperidine rings is 2. The minimum Gasteiger partial charge on any atom is -0.370 e. The molecule has 0 amide bonds. The number of guanidine groups is 1. The molecule has 26 heavy (non-hydrogen) atoms. The molecule has 2 saturated heterocycles. The highest BCUT2D eigenvalue weighted by Crippen LogP contribution is 2.22. The standard InChI is InChI=1S/C20H31ClN4.HI/c1-16-6-12-25(13-7-16)20(22)23-14-17-8-10-24(11-9-17)15-18-4-2-3-5-19(18)21;/h2-5,16-17H,6-15H2,1H3,(H2,22,23);1H. The second kappa shape index (κ2) is 10.7. The van der Waals surface area contributed by atoms with E-state index in [1.165, 1.54) is 31.2 Å². The monoisotopic (exact) mass is 490 g/mol. The third-order valence-electron chi connectivity index (χ3n) is 5.68. The van der Waals surface area contributed by atoms with Gasteiger partial charge in [-0.1, -0.05) is 36.7 Å². The van der Waals surface area contributed by atoms with Gasteiger partial charge >= 0.3 is 0 Å². The Balaban J connectivity index is 0.00000243. The molecule has 0 radical (unpaired) electrons. The Morgan fingerprint density at radius 2 is 1.77 bits per heavy atom. The lowest BCUT2D eigenvalue weighted by molar-refractivity contribution is 0.180. The largest absolute Gasteiger partial charge is 0.370 e. The fraction of sp³-hybridized carbons (Fsp3) is 0.650. The lowest BCUT2D eigenvalue weighted by Gasteiger charge is -2.33. The predicted molar refractivity (Wildman–Crippen MR) is 121 cm³/mol. The Morgan fingerprint density at radius 1 is 1.12 bits per heavy atom. The highest BCUT2D eigenvalue weighted by atomic mass is 127. The molecule has 0 unspecified atom stereocenters. The van der Waals surface area contributed by atoms with E-state index in [2.05, 4.69) is 28.9 Å². The van der Waals surface area contributed by atoms with Crippen molar-refractivity contribution < 1.29 is 0 Å². The van der Waals surface area contributed by atoms with Gasteiger partial charge in [-0.25, -0.2) is 0 Å². The van der Waals surface area contributed by atoms with Crippen LogP contribution in [0.5, 0.6) is 0 Å². The van der Waals surface area contributed by atoms with Crippen LogP contribution in [0.15, 0.2) is 29.3 Å². The van der Waals surface area contributed by atoms with Gasteiger partial charge in [0.05, 0.1) is 0 Å². The van der Waals surface area contributed by atoms with Gasteiger partial charge < -0.3 is 10.6 Å². The maximum absolute atomic E-state index is 6.28. The average Bonchev–Trinajstić information content (AvgIpc) is 2.63. The van der Waals surface area contributed by atoms with E-state index in [-0.39, 0.29) is 24.0 Å². The fourth-order valence-electron chi connectivity index (χ4n) is 3.75. The summed E-state index contributed by atoms with van der Waals surface area (Å²) >= 11 is 6.28. The van der Waals surface area contributed by atoms with E-state index in [0.29, 0.717) is 5.92 Å². The summed E-state index contributed by atoms with van der Waals surface area (Å²) in [6.45, 7) is 8.50. The molecule has 146 valence electrons. The van der Waals surface area contributed by atoms with Gasteiger partial charge in [0.2, 0.25) is 0 Å². The zero-order chi connectivity index (χ0) is 17.6. The van der Waals surface area contributed by atoms with Crippen LogP contribution in [0.4, 0.5) is 0 Å². The summed E-state index contributed by atoms with van der Waals surface area (Å²) in [7, 11) is 0. The molecule has 1 aromatic carbocycles. The molecule has 0 aromatic heterocycles. The first-order valence-corrected chi connectivity index (χ1v) is 10.00. The Labute approximate surface area is 180 Å². The average molecular weight is 491 g/mol. The topological polar surface area (TPSA) is 44.9 Å². The summed E-state index contributed by atoms with van der Waals surface area (Å²) in [6, 6.07) is 8.15. The first-order chi connectivity index (χ1) is 12.1. The minimum atomic E-state index is 0. The van der Waals surface area contributed by atoms with Crippen molar-refractivity contribution in [2.24, 2.45) is 22.6 Å². The smallest absolute Gasteiger partial charge is 0.191 e. The summed E-state index contributed by atoms with van der Waals surface area (Å²) in [5, 5.41) is 0.873. The molecule has 0 spiro atoms. The maximum Gasteiger partial charge on any atom is 0.191 e. The van der Waals surface area contributed by atoms with Crippen molar-refractivity contribution in [1.82, 2.24) is 9.80 Å². The Kier molecular flexibility index (Phi) is 8.97. The van der Waals surface area contributed by atoms with Crippen molar-refractivity contribution in [3.63, 3.8) is 0 Å². The van der Waals surface area contributed by atoms with Gasteiger partial charge in [-0.2, -0.15) is 0 Å². The molecular weight excluding hydrogens is 459 g/mol. The second-order valence-electron chi connectivity index (χ2n) is 7.68. The summed E-state index contributed by atoms with van der Waals surface area (Å²) < 4.78 is 0. The van der Waals surface area contributed by atoms with Gasteiger partial charge in [0.25, 0.3) is 0 Å². The van der Waals surface area contributed by atoms with E-state index in [4.69, 9.17) is 22.3 Å². The van der Waals surface area contributed by atoms with Gasteiger partial charge in [-0.3, -0.25) is 9.89 Å². The Morgan fingerprint density at radius 3 is 2.42 bits per heavy atom. The number of nitrogens with zero attached hydrogens (tertiary/aromatic N) is 3. The predicted octanol–water partition coefficient (Wildman–Crippen LogP) is 4.22. The van der Waals surface area contributed by atoms with Crippen LogP contribution in [0.25, 0.3) is 0 Å². The summed E-state index contributed by atoms with van der Waals surface area (Å²) in [6.07, 6.45) is 4.85. The van der Waals surface area contributed by atoms with Crippen molar-refractivity contribution in [3.8, 4) is 0 Å². The Bertz CT molecular complexity index is 579. The second-order valence-corrected chi connectivity index (χ2v) is 8.09. The minimum absolute atomic E-state index is 0. The molecule has 2 N–H and O–H groups in total. The van der Waals surface area contributed by atoms with Crippen molar-refractivity contribution >= 4 is 41.5 Å². The molecule has 2 fully saturated rings. The van der Waals surface area contributed by atoms with Crippen molar-refractivity contribution in [1.29, 1.82) is 0 Å². The van der Waals surface area contributed by atoms with Gasteiger partial charge in [-0.05, 0) is 62.2 Å². The van der Waals surface area contributed by atoms with Crippen LogP contribution in [-0.4, -0.2) is 48.5 Å². The van der Waals surface area contributed by atoms with Crippen molar-refractivity contribution in [3.05, 3.63) is 34.9 Å². The number of halogens is 2. The number of aliphatic imine (C=N–C) groups is 1. The molecule has 3 rings (SSSR count). The molecule has 4 nitrogen and oxygen atoms in total. The van der Waals surface area contributed by atoms with E-state index in [1.807, 2.05) is 12.1 Å². The molecule has 2 aliphatic rings. The number of benzene rings is 1. The van der Waals surface area contributed by atoms with Crippen LogP contribution in [0, 0.1) is 11.8 Å². The molecular formula is C20H32ClIN4. The maximum atomic E-state index is 6.28. The summed E-state index contributed by atoms with van der Waals surface area (Å²) in [4.78, 5) is 9.45. The van der Waals surface area contributed by atoms with E-state index in [1.54, 1.807) is 0 Å². The first kappa shape index (κ1) is 21.8. The van der Waals surface area contributed by atoms with Crippen molar-refractivity contribution in [2.75, 3.05) is 32.7 Å².